The van der Waals surface area contributed by atoms with Crippen LogP contribution >= 0.6 is 0 Å². The van der Waals surface area contributed by atoms with Crippen molar-refractivity contribution in [1.29, 1.82) is 0 Å². The molecule has 1 aliphatic rings. The summed E-state index contributed by atoms with van der Waals surface area (Å²) in [6.07, 6.45) is 1.51. The maximum absolute atomic E-state index is 13.3. The summed E-state index contributed by atoms with van der Waals surface area (Å²) in [7, 11) is 0. The van der Waals surface area contributed by atoms with Gasteiger partial charge < -0.3 is 15.0 Å². The maximum atomic E-state index is 13.3. The van der Waals surface area contributed by atoms with Crippen LogP contribution < -0.4 is 15.6 Å². The van der Waals surface area contributed by atoms with Gasteiger partial charge in [-0.15, -0.1) is 0 Å². The quantitative estimate of drug-likeness (QED) is 0.492. The van der Waals surface area contributed by atoms with E-state index in [9.17, 15) is 4.39 Å². The number of ether oxygens (including phenoxy) is 1. The van der Waals surface area contributed by atoms with Gasteiger partial charge in [0.25, 0.3) is 0 Å². The maximum Gasteiger partial charge on any atom is 0.250 e. The summed E-state index contributed by atoms with van der Waals surface area (Å²) in [4.78, 5) is 15.4. The van der Waals surface area contributed by atoms with Crippen molar-refractivity contribution in [3.8, 4) is 0 Å². The Balaban J connectivity index is 1.56. The van der Waals surface area contributed by atoms with E-state index in [1.165, 1.54) is 18.3 Å². The second kappa shape index (κ2) is 9.07. The van der Waals surface area contributed by atoms with E-state index < -0.39 is 0 Å². The zero-order valence-corrected chi connectivity index (χ0v) is 15.6. The Morgan fingerprint density at radius 2 is 1.76 bits per heavy atom. The Bertz CT molecular complexity index is 978. The number of aromatic nitrogens is 3. The number of halogens is 1. The van der Waals surface area contributed by atoms with E-state index in [4.69, 9.17) is 4.74 Å². The number of hydrogen-bond acceptors (Lipinski definition) is 8. The molecule has 3 aromatic rings. The third-order valence-electron chi connectivity index (χ3n) is 4.17. The van der Waals surface area contributed by atoms with Gasteiger partial charge in [0.2, 0.25) is 17.8 Å². The van der Waals surface area contributed by atoms with Gasteiger partial charge in [-0.25, -0.2) is 9.82 Å². The van der Waals surface area contributed by atoms with E-state index >= 15 is 0 Å². The number of anilines is 4. The smallest absolute Gasteiger partial charge is 0.250 e. The van der Waals surface area contributed by atoms with Crippen molar-refractivity contribution in [2.75, 3.05) is 41.9 Å². The number of para-hydroxylation sites is 1. The van der Waals surface area contributed by atoms with Crippen LogP contribution in [0.1, 0.15) is 5.56 Å². The van der Waals surface area contributed by atoms with Crippen LogP contribution in [0.3, 0.4) is 0 Å². The third-order valence-corrected chi connectivity index (χ3v) is 4.17. The molecule has 0 atom stereocenters. The zero-order valence-electron chi connectivity index (χ0n) is 15.6. The lowest BCUT2D eigenvalue weighted by Gasteiger charge is -2.27. The van der Waals surface area contributed by atoms with Crippen LogP contribution in [0.25, 0.3) is 0 Å². The van der Waals surface area contributed by atoms with Crippen LogP contribution in [-0.2, 0) is 4.74 Å². The fourth-order valence-corrected chi connectivity index (χ4v) is 2.78. The first-order chi connectivity index (χ1) is 14.3. The van der Waals surface area contributed by atoms with Gasteiger partial charge in [0.15, 0.2) is 0 Å². The number of morpholine rings is 1. The predicted molar refractivity (Wildman–Crippen MR) is 110 cm³/mol. The number of nitrogens with one attached hydrogen (secondary N) is 2. The molecule has 0 bridgehead atoms. The Kier molecular flexibility index (Phi) is 5.87. The molecular formula is C20H20FN7O. The van der Waals surface area contributed by atoms with Gasteiger partial charge in [-0.2, -0.15) is 20.1 Å². The summed E-state index contributed by atoms with van der Waals surface area (Å²) in [6, 6.07) is 15.8. The summed E-state index contributed by atoms with van der Waals surface area (Å²) < 4.78 is 18.7. The van der Waals surface area contributed by atoms with Gasteiger partial charge in [0.1, 0.15) is 5.82 Å². The molecule has 2 aromatic carbocycles. The molecule has 2 heterocycles. The lowest BCUT2D eigenvalue weighted by molar-refractivity contribution is 0.122. The lowest BCUT2D eigenvalue weighted by atomic mass is 10.2. The molecule has 148 valence electrons. The molecule has 0 unspecified atom stereocenters. The summed E-state index contributed by atoms with van der Waals surface area (Å²) in [5.74, 6) is 0.895. The van der Waals surface area contributed by atoms with Gasteiger partial charge in [-0.05, 0) is 29.8 Å². The minimum atomic E-state index is -0.321. The SMILES string of the molecule is Fc1cccc(/C=N\Nc2nc(Nc3ccccc3)nc(N3CCOCC3)n2)c1. The lowest BCUT2D eigenvalue weighted by Crippen LogP contribution is -2.37. The van der Waals surface area contributed by atoms with E-state index in [1.54, 1.807) is 12.1 Å². The van der Waals surface area contributed by atoms with E-state index in [-0.39, 0.29) is 11.8 Å². The first kappa shape index (κ1) is 18.8. The fourth-order valence-electron chi connectivity index (χ4n) is 2.78. The molecule has 4 rings (SSSR count). The monoisotopic (exact) mass is 393 g/mol. The van der Waals surface area contributed by atoms with E-state index in [2.05, 4.69) is 30.8 Å². The molecule has 1 aliphatic heterocycles. The highest BCUT2D eigenvalue weighted by atomic mass is 19.1. The van der Waals surface area contributed by atoms with Crippen LogP contribution in [-0.4, -0.2) is 47.5 Å². The van der Waals surface area contributed by atoms with Crippen molar-refractivity contribution < 1.29 is 9.13 Å². The molecule has 9 heteroatoms. The first-order valence-corrected chi connectivity index (χ1v) is 9.22. The van der Waals surface area contributed by atoms with Gasteiger partial charge in [-0.3, -0.25) is 0 Å². The van der Waals surface area contributed by atoms with E-state index in [0.717, 1.165) is 5.69 Å². The number of rotatable bonds is 6. The second-order valence-electron chi connectivity index (χ2n) is 6.30. The van der Waals surface area contributed by atoms with Gasteiger partial charge in [0, 0.05) is 18.8 Å². The summed E-state index contributed by atoms with van der Waals surface area (Å²) in [5, 5.41) is 7.30. The van der Waals surface area contributed by atoms with Crippen LogP contribution in [0, 0.1) is 5.82 Å². The van der Waals surface area contributed by atoms with Crippen molar-refractivity contribution in [3.63, 3.8) is 0 Å². The Hall–Kier alpha value is -3.59. The Morgan fingerprint density at radius 3 is 2.55 bits per heavy atom. The number of benzene rings is 2. The molecule has 1 saturated heterocycles. The molecule has 1 aromatic heterocycles. The standard InChI is InChI=1S/C20H20FN7O/c21-16-6-4-5-15(13-16)14-22-27-19-24-18(23-17-7-2-1-3-8-17)25-20(26-19)28-9-11-29-12-10-28/h1-8,13-14H,9-12H2,(H2,23,24,25,26,27)/b22-14-. The summed E-state index contributed by atoms with van der Waals surface area (Å²) in [6.45, 7) is 2.63. The number of hydrogen-bond donors (Lipinski definition) is 2. The van der Waals surface area contributed by atoms with Crippen LogP contribution in [0.2, 0.25) is 0 Å². The van der Waals surface area contributed by atoms with Crippen molar-refractivity contribution in [3.05, 3.63) is 66.0 Å². The number of nitrogens with zero attached hydrogens (tertiary/aromatic N) is 5. The predicted octanol–water partition coefficient (Wildman–Crippen LogP) is 3.04. The number of hydrazone groups is 1. The van der Waals surface area contributed by atoms with Crippen LogP contribution in [0.4, 0.5) is 27.9 Å². The van der Waals surface area contributed by atoms with E-state index in [0.29, 0.717) is 43.8 Å². The fraction of sp³-hybridized carbons (Fsp3) is 0.200. The molecule has 0 aliphatic carbocycles. The molecular weight excluding hydrogens is 373 g/mol. The minimum Gasteiger partial charge on any atom is -0.378 e. The molecule has 0 amide bonds. The van der Waals surface area contributed by atoms with Gasteiger partial charge in [-0.1, -0.05) is 30.3 Å². The topological polar surface area (TPSA) is 87.6 Å². The molecule has 8 nitrogen and oxygen atoms in total. The highest BCUT2D eigenvalue weighted by molar-refractivity contribution is 5.79. The van der Waals surface area contributed by atoms with Crippen molar-refractivity contribution in [1.82, 2.24) is 15.0 Å². The second-order valence-corrected chi connectivity index (χ2v) is 6.30. The molecule has 0 radical (unpaired) electrons. The highest BCUT2D eigenvalue weighted by Crippen LogP contribution is 2.18. The van der Waals surface area contributed by atoms with Crippen molar-refractivity contribution in [2.24, 2.45) is 5.10 Å². The van der Waals surface area contributed by atoms with Gasteiger partial charge in [0.05, 0.1) is 19.4 Å². The average Bonchev–Trinajstić information content (AvgIpc) is 2.75. The molecule has 0 saturated carbocycles. The highest BCUT2D eigenvalue weighted by Gasteiger charge is 2.16. The molecule has 1 fully saturated rings. The van der Waals surface area contributed by atoms with Crippen molar-refractivity contribution >= 4 is 29.7 Å². The summed E-state index contributed by atoms with van der Waals surface area (Å²) in [5.41, 5.74) is 4.29. The first-order valence-electron chi connectivity index (χ1n) is 9.22. The van der Waals surface area contributed by atoms with Gasteiger partial charge >= 0.3 is 0 Å². The molecule has 0 spiro atoms. The minimum absolute atomic E-state index is 0.285. The van der Waals surface area contributed by atoms with Crippen LogP contribution in [0.5, 0.6) is 0 Å². The third kappa shape index (κ3) is 5.23. The largest absolute Gasteiger partial charge is 0.378 e. The van der Waals surface area contributed by atoms with Crippen molar-refractivity contribution in [2.45, 2.75) is 0 Å². The zero-order chi connectivity index (χ0) is 19.9. The van der Waals surface area contributed by atoms with Crippen LogP contribution in [0.15, 0.2) is 59.7 Å². The Labute approximate surface area is 167 Å². The normalized spacial score (nSPS) is 14.2. The Morgan fingerprint density at radius 1 is 0.966 bits per heavy atom. The summed E-state index contributed by atoms with van der Waals surface area (Å²) >= 11 is 0. The average molecular weight is 393 g/mol. The molecule has 29 heavy (non-hydrogen) atoms. The molecule has 2 N–H and O–H groups in total. The van der Waals surface area contributed by atoms with E-state index in [1.807, 2.05) is 35.2 Å².